The van der Waals surface area contributed by atoms with Gasteiger partial charge in [-0.05, 0) is 27.2 Å². The highest BCUT2D eigenvalue weighted by molar-refractivity contribution is 5.30. The summed E-state index contributed by atoms with van der Waals surface area (Å²) in [4.78, 5) is 8.64. The zero-order chi connectivity index (χ0) is 11.5. The highest BCUT2D eigenvalue weighted by atomic mass is 16.5. The SMILES string of the molecule is CCOC(C)(C)c1nc(N)cc(CC)n1. The Morgan fingerprint density at radius 3 is 2.53 bits per heavy atom. The molecule has 84 valence electrons. The molecule has 0 aromatic carbocycles. The van der Waals surface area contributed by atoms with Gasteiger partial charge in [0.15, 0.2) is 5.82 Å². The Balaban J connectivity index is 3.07. The Morgan fingerprint density at radius 1 is 1.33 bits per heavy atom. The third kappa shape index (κ3) is 2.89. The normalized spacial score (nSPS) is 11.7. The van der Waals surface area contributed by atoms with Crippen LogP contribution in [0.2, 0.25) is 0 Å². The van der Waals surface area contributed by atoms with Gasteiger partial charge in [-0.3, -0.25) is 0 Å². The van der Waals surface area contributed by atoms with E-state index in [1.54, 1.807) is 6.07 Å². The van der Waals surface area contributed by atoms with Crippen molar-refractivity contribution in [2.75, 3.05) is 12.3 Å². The van der Waals surface area contributed by atoms with E-state index in [0.29, 0.717) is 18.2 Å². The van der Waals surface area contributed by atoms with Gasteiger partial charge in [-0.2, -0.15) is 0 Å². The fraction of sp³-hybridized carbons (Fsp3) is 0.636. The van der Waals surface area contributed by atoms with Crippen molar-refractivity contribution in [3.63, 3.8) is 0 Å². The number of anilines is 1. The molecule has 0 unspecified atom stereocenters. The van der Waals surface area contributed by atoms with E-state index in [2.05, 4.69) is 9.97 Å². The second kappa shape index (κ2) is 4.57. The number of nitrogen functional groups attached to an aromatic ring is 1. The minimum atomic E-state index is -0.478. The summed E-state index contributed by atoms with van der Waals surface area (Å²) in [7, 11) is 0. The summed E-state index contributed by atoms with van der Waals surface area (Å²) in [5.74, 6) is 1.16. The van der Waals surface area contributed by atoms with Crippen LogP contribution < -0.4 is 5.73 Å². The maximum absolute atomic E-state index is 5.72. The fourth-order valence-electron chi connectivity index (χ4n) is 1.39. The predicted octanol–water partition coefficient (Wildman–Crippen LogP) is 1.89. The van der Waals surface area contributed by atoms with Gasteiger partial charge in [-0.15, -0.1) is 0 Å². The van der Waals surface area contributed by atoms with Gasteiger partial charge in [0.1, 0.15) is 11.4 Å². The highest BCUT2D eigenvalue weighted by Crippen LogP contribution is 2.22. The molecule has 0 saturated carbocycles. The van der Waals surface area contributed by atoms with Crippen LogP contribution in [0.15, 0.2) is 6.07 Å². The highest BCUT2D eigenvalue weighted by Gasteiger charge is 2.24. The van der Waals surface area contributed by atoms with E-state index in [4.69, 9.17) is 10.5 Å². The number of ether oxygens (including phenoxy) is 1. The maximum Gasteiger partial charge on any atom is 0.162 e. The summed E-state index contributed by atoms with van der Waals surface area (Å²) < 4.78 is 5.59. The lowest BCUT2D eigenvalue weighted by Crippen LogP contribution is -2.25. The molecule has 0 aliphatic carbocycles. The van der Waals surface area contributed by atoms with Crippen molar-refractivity contribution in [2.24, 2.45) is 0 Å². The minimum Gasteiger partial charge on any atom is -0.384 e. The molecule has 0 bridgehead atoms. The molecule has 1 aromatic heterocycles. The number of hydrogen-bond donors (Lipinski definition) is 1. The standard InChI is InChI=1S/C11H19N3O/c1-5-8-7-9(12)14-10(13-8)11(3,4)15-6-2/h7H,5-6H2,1-4H3,(H2,12,13,14). The van der Waals surface area contributed by atoms with Gasteiger partial charge < -0.3 is 10.5 Å². The first-order chi connectivity index (χ1) is 6.99. The molecule has 15 heavy (non-hydrogen) atoms. The number of aryl methyl sites for hydroxylation is 1. The van der Waals surface area contributed by atoms with Crippen LogP contribution in [0.25, 0.3) is 0 Å². The quantitative estimate of drug-likeness (QED) is 0.822. The number of hydrogen-bond acceptors (Lipinski definition) is 4. The molecule has 1 heterocycles. The van der Waals surface area contributed by atoms with Crippen molar-refractivity contribution >= 4 is 5.82 Å². The number of nitrogens with zero attached hydrogens (tertiary/aromatic N) is 2. The second-order valence-corrected chi connectivity index (χ2v) is 3.90. The van der Waals surface area contributed by atoms with Crippen LogP contribution in [0, 0.1) is 0 Å². The molecule has 0 atom stereocenters. The number of aromatic nitrogens is 2. The molecule has 2 N–H and O–H groups in total. The molecule has 0 amide bonds. The molecule has 0 spiro atoms. The number of nitrogens with two attached hydrogens (primary N) is 1. The first-order valence-corrected chi connectivity index (χ1v) is 5.27. The first kappa shape index (κ1) is 11.9. The zero-order valence-electron chi connectivity index (χ0n) is 9.87. The Labute approximate surface area is 90.9 Å². The third-order valence-electron chi connectivity index (χ3n) is 2.20. The monoisotopic (exact) mass is 209 g/mol. The van der Waals surface area contributed by atoms with Gasteiger partial charge in [0.05, 0.1) is 0 Å². The first-order valence-electron chi connectivity index (χ1n) is 5.27. The van der Waals surface area contributed by atoms with Crippen LogP contribution in [0.1, 0.15) is 39.2 Å². The molecule has 1 rings (SSSR count). The summed E-state index contributed by atoms with van der Waals surface area (Å²) in [6.07, 6.45) is 0.849. The minimum absolute atomic E-state index is 0.478. The molecule has 0 aliphatic rings. The van der Waals surface area contributed by atoms with Crippen molar-refractivity contribution in [2.45, 2.75) is 39.7 Å². The largest absolute Gasteiger partial charge is 0.384 e. The van der Waals surface area contributed by atoms with E-state index < -0.39 is 5.60 Å². The summed E-state index contributed by atoms with van der Waals surface area (Å²) >= 11 is 0. The zero-order valence-corrected chi connectivity index (χ0v) is 9.87. The van der Waals surface area contributed by atoms with E-state index in [9.17, 15) is 0 Å². The van der Waals surface area contributed by atoms with Gasteiger partial charge in [0.2, 0.25) is 0 Å². The topological polar surface area (TPSA) is 61.0 Å². The van der Waals surface area contributed by atoms with Gasteiger partial charge >= 0.3 is 0 Å². The molecule has 4 nitrogen and oxygen atoms in total. The second-order valence-electron chi connectivity index (χ2n) is 3.90. The van der Waals surface area contributed by atoms with E-state index in [-0.39, 0.29) is 0 Å². The van der Waals surface area contributed by atoms with E-state index in [1.165, 1.54) is 0 Å². The maximum atomic E-state index is 5.72. The number of rotatable bonds is 4. The summed E-state index contributed by atoms with van der Waals surface area (Å²) in [6, 6.07) is 1.80. The Morgan fingerprint density at radius 2 is 2.00 bits per heavy atom. The van der Waals surface area contributed by atoms with Crippen LogP contribution in [0.3, 0.4) is 0 Å². The smallest absolute Gasteiger partial charge is 0.162 e. The molecule has 0 saturated heterocycles. The van der Waals surface area contributed by atoms with Crippen LogP contribution in [0.4, 0.5) is 5.82 Å². The Hall–Kier alpha value is -1.16. The lowest BCUT2D eigenvalue weighted by molar-refractivity contribution is -0.0208. The van der Waals surface area contributed by atoms with Crippen molar-refractivity contribution in [1.82, 2.24) is 9.97 Å². The van der Waals surface area contributed by atoms with Crippen molar-refractivity contribution < 1.29 is 4.74 Å². The average molecular weight is 209 g/mol. The van der Waals surface area contributed by atoms with Gasteiger partial charge in [-0.1, -0.05) is 6.92 Å². The predicted molar refractivity (Wildman–Crippen MR) is 60.5 cm³/mol. The molecule has 1 aromatic rings. The molecular weight excluding hydrogens is 190 g/mol. The van der Waals surface area contributed by atoms with E-state index in [0.717, 1.165) is 12.1 Å². The van der Waals surface area contributed by atoms with E-state index in [1.807, 2.05) is 27.7 Å². The van der Waals surface area contributed by atoms with Gasteiger partial charge in [0.25, 0.3) is 0 Å². The van der Waals surface area contributed by atoms with Crippen LogP contribution in [-0.4, -0.2) is 16.6 Å². The Kier molecular flexibility index (Phi) is 3.63. The van der Waals surface area contributed by atoms with Gasteiger partial charge in [-0.25, -0.2) is 9.97 Å². The van der Waals surface area contributed by atoms with Crippen LogP contribution >= 0.6 is 0 Å². The van der Waals surface area contributed by atoms with Crippen molar-refractivity contribution in [3.8, 4) is 0 Å². The van der Waals surface area contributed by atoms with Crippen molar-refractivity contribution in [3.05, 3.63) is 17.6 Å². The lowest BCUT2D eigenvalue weighted by Gasteiger charge is -2.23. The summed E-state index contributed by atoms with van der Waals surface area (Å²) in [5, 5.41) is 0. The summed E-state index contributed by atoms with van der Waals surface area (Å²) in [5.41, 5.74) is 6.19. The molecule has 0 aliphatic heterocycles. The van der Waals surface area contributed by atoms with Crippen LogP contribution in [-0.2, 0) is 16.8 Å². The average Bonchev–Trinajstić information content (AvgIpc) is 2.16. The molecular formula is C11H19N3O. The third-order valence-corrected chi connectivity index (χ3v) is 2.20. The fourth-order valence-corrected chi connectivity index (χ4v) is 1.39. The van der Waals surface area contributed by atoms with E-state index >= 15 is 0 Å². The van der Waals surface area contributed by atoms with Gasteiger partial charge in [0, 0.05) is 18.4 Å². The van der Waals surface area contributed by atoms with Crippen LogP contribution in [0.5, 0.6) is 0 Å². The lowest BCUT2D eigenvalue weighted by atomic mass is 10.1. The Bertz CT molecular complexity index is 337. The van der Waals surface area contributed by atoms with Crippen molar-refractivity contribution in [1.29, 1.82) is 0 Å². The molecule has 0 fully saturated rings. The molecule has 0 radical (unpaired) electrons. The molecule has 4 heteroatoms. The summed E-state index contributed by atoms with van der Waals surface area (Å²) in [6.45, 7) is 8.52.